The summed E-state index contributed by atoms with van der Waals surface area (Å²) in [5.41, 5.74) is 3.34. The molecule has 2 atom stereocenters. The van der Waals surface area contributed by atoms with E-state index in [2.05, 4.69) is 31.0 Å². The van der Waals surface area contributed by atoms with Crippen molar-refractivity contribution in [3.63, 3.8) is 0 Å². The van der Waals surface area contributed by atoms with Crippen LogP contribution in [-0.2, 0) is 0 Å². The molecule has 1 aliphatic carbocycles. The van der Waals surface area contributed by atoms with E-state index in [1.165, 1.54) is 37.8 Å². The Morgan fingerprint density at radius 1 is 1.50 bits per heavy atom. The Morgan fingerprint density at radius 3 is 2.78 bits per heavy atom. The highest BCUT2D eigenvalue weighted by molar-refractivity contribution is 6.25. The topological polar surface area (TPSA) is 15.3 Å². The van der Waals surface area contributed by atoms with Crippen molar-refractivity contribution in [3.05, 3.63) is 11.1 Å². The molecule has 0 aromatic rings. The van der Waals surface area contributed by atoms with Crippen LogP contribution in [0.3, 0.4) is 0 Å². The third-order valence-corrected chi connectivity index (χ3v) is 4.90. The van der Waals surface area contributed by atoms with E-state index >= 15 is 0 Å². The van der Waals surface area contributed by atoms with E-state index in [-0.39, 0.29) is 0 Å². The normalized spacial score (nSPS) is 34.9. The molecule has 1 heterocycles. The maximum Gasteiger partial charge on any atom is 0.0309 e. The summed E-state index contributed by atoms with van der Waals surface area (Å²) in [7, 11) is 0. The Balaban J connectivity index is 2.02. The van der Waals surface area contributed by atoms with Crippen molar-refractivity contribution >= 4 is 11.6 Å². The number of hydrogen-bond acceptors (Lipinski definition) is 2. The molecule has 3 heteroatoms. The molecule has 0 aromatic carbocycles. The molecule has 104 valence electrons. The summed E-state index contributed by atoms with van der Waals surface area (Å²) in [6.07, 6.45) is 5.34. The molecule has 2 aliphatic rings. The van der Waals surface area contributed by atoms with Crippen LogP contribution in [0.5, 0.6) is 0 Å². The average Bonchev–Trinajstić information content (AvgIpc) is 3.17. The van der Waals surface area contributed by atoms with E-state index < -0.39 is 0 Å². The van der Waals surface area contributed by atoms with Crippen LogP contribution in [0.15, 0.2) is 11.1 Å². The highest BCUT2D eigenvalue weighted by Crippen LogP contribution is 2.41. The van der Waals surface area contributed by atoms with Crippen molar-refractivity contribution < 1.29 is 0 Å². The molecule has 2 rings (SSSR count). The lowest BCUT2D eigenvalue weighted by Gasteiger charge is -2.47. The van der Waals surface area contributed by atoms with E-state index in [1.54, 1.807) is 5.54 Å². The van der Waals surface area contributed by atoms with Crippen molar-refractivity contribution in [2.24, 2.45) is 5.92 Å². The standard InChI is InChI=1S/C15H27ClN2/c1-4-5-14-9-17-15(3,13-6-7-13)11-18(14)10-12(2)8-16/h8,13-14,17H,4-7,9-11H2,1-3H3. The van der Waals surface area contributed by atoms with Gasteiger partial charge < -0.3 is 5.32 Å². The summed E-state index contributed by atoms with van der Waals surface area (Å²) in [5, 5.41) is 3.82. The maximum atomic E-state index is 5.84. The quantitative estimate of drug-likeness (QED) is 0.824. The first-order valence-electron chi connectivity index (χ1n) is 7.34. The zero-order chi connectivity index (χ0) is 13.2. The molecule has 2 fully saturated rings. The first-order chi connectivity index (χ1) is 8.59. The SMILES string of the molecule is CCCC1CNC(C)(C2CC2)CN1CC(C)=CCl. The third kappa shape index (κ3) is 3.28. The van der Waals surface area contributed by atoms with E-state index in [9.17, 15) is 0 Å². The number of hydrogen-bond donors (Lipinski definition) is 1. The lowest BCUT2D eigenvalue weighted by molar-refractivity contribution is 0.0784. The van der Waals surface area contributed by atoms with Gasteiger partial charge in [0.05, 0.1) is 0 Å². The van der Waals surface area contributed by atoms with Gasteiger partial charge in [0.15, 0.2) is 0 Å². The monoisotopic (exact) mass is 270 g/mol. The molecule has 0 bridgehead atoms. The third-order valence-electron chi connectivity index (χ3n) is 4.53. The lowest BCUT2D eigenvalue weighted by Crippen LogP contribution is -2.64. The summed E-state index contributed by atoms with van der Waals surface area (Å²) in [6, 6.07) is 0.674. The van der Waals surface area contributed by atoms with Gasteiger partial charge in [-0.3, -0.25) is 4.90 Å². The fourth-order valence-electron chi connectivity index (χ4n) is 3.24. The Labute approximate surface area is 117 Å². The van der Waals surface area contributed by atoms with Crippen LogP contribution < -0.4 is 5.32 Å². The van der Waals surface area contributed by atoms with Crippen molar-refractivity contribution in [3.8, 4) is 0 Å². The summed E-state index contributed by atoms with van der Waals surface area (Å²) in [4.78, 5) is 2.65. The van der Waals surface area contributed by atoms with Gasteiger partial charge in [-0.15, -0.1) is 0 Å². The number of nitrogens with zero attached hydrogens (tertiary/aromatic N) is 1. The van der Waals surface area contributed by atoms with Gasteiger partial charge in [0.25, 0.3) is 0 Å². The molecule has 1 saturated carbocycles. The van der Waals surface area contributed by atoms with Crippen molar-refractivity contribution in [1.82, 2.24) is 10.2 Å². The van der Waals surface area contributed by atoms with Crippen molar-refractivity contribution in [2.45, 2.75) is 58.0 Å². The highest BCUT2D eigenvalue weighted by atomic mass is 35.5. The fraction of sp³-hybridized carbons (Fsp3) is 0.867. The lowest BCUT2D eigenvalue weighted by atomic mass is 9.89. The number of nitrogens with one attached hydrogen (secondary N) is 1. The van der Waals surface area contributed by atoms with E-state index in [4.69, 9.17) is 11.6 Å². The second-order valence-electron chi connectivity index (χ2n) is 6.38. The van der Waals surface area contributed by atoms with Gasteiger partial charge in [-0.1, -0.05) is 24.9 Å². The van der Waals surface area contributed by atoms with E-state index in [0.29, 0.717) is 11.6 Å². The first-order valence-corrected chi connectivity index (χ1v) is 7.77. The predicted octanol–water partition coefficient (Wildman–Crippen LogP) is 3.37. The molecule has 0 amide bonds. The highest BCUT2D eigenvalue weighted by Gasteiger charge is 2.45. The van der Waals surface area contributed by atoms with Crippen LogP contribution in [0.4, 0.5) is 0 Å². The zero-order valence-corrected chi connectivity index (χ0v) is 12.8. The minimum Gasteiger partial charge on any atom is -0.308 e. The Kier molecular flexibility index (Phi) is 4.74. The molecular formula is C15H27ClN2. The Morgan fingerprint density at radius 2 is 2.22 bits per heavy atom. The van der Waals surface area contributed by atoms with Crippen LogP contribution in [0, 0.1) is 5.92 Å². The Hall–Kier alpha value is -0.0500. The second-order valence-corrected chi connectivity index (χ2v) is 6.59. The summed E-state index contributed by atoms with van der Waals surface area (Å²) < 4.78 is 0. The second kappa shape index (κ2) is 5.94. The van der Waals surface area contributed by atoms with Crippen LogP contribution in [0.2, 0.25) is 0 Å². The summed E-state index contributed by atoms with van der Waals surface area (Å²) in [6.45, 7) is 10.1. The van der Waals surface area contributed by atoms with Crippen LogP contribution >= 0.6 is 11.6 Å². The molecule has 2 nitrogen and oxygen atoms in total. The molecule has 1 N–H and O–H groups in total. The number of piperazine rings is 1. The molecule has 0 radical (unpaired) electrons. The minimum absolute atomic E-state index is 0.330. The van der Waals surface area contributed by atoms with Crippen LogP contribution in [-0.4, -0.2) is 36.1 Å². The van der Waals surface area contributed by atoms with Gasteiger partial charge in [0, 0.05) is 36.8 Å². The number of halogens is 1. The van der Waals surface area contributed by atoms with Gasteiger partial charge in [0.1, 0.15) is 0 Å². The van der Waals surface area contributed by atoms with Gasteiger partial charge in [0.2, 0.25) is 0 Å². The van der Waals surface area contributed by atoms with E-state index in [0.717, 1.165) is 19.0 Å². The molecule has 0 aromatic heterocycles. The van der Waals surface area contributed by atoms with Gasteiger partial charge in [-0.05, 0) is 44.6 Å². The average molecular weight is 271 g/mol. The molecular weight excluding hydrogens is 244 g/mol. The first kappa shape index (κ1) is 14.4. The maximum absolute atomic E-state index is 5.84. The fourth-order valence-corrected chi connectivity index (χ4v) is 3.31. The van der Waals surface area contributed by atoms with Gasteiger partial charge in [-0.2, -0.15) is 0 Å². The number of rotatable bonds is 5. The predicted molar refractivity (Wildman–Crippen MR) is 79.0 cm³/mol. The largest absolute Gasteiger partial charge is 0.308 e. The van der Waals surface area contributed by atoms with Gasteiger partial charge >= 0.3 is 0 Å². The molecule has 0 spiro atoms. The molecule has 2 unspecified atom stereocenters. The minimum atomic E-state index is 0.330. The molecule has 18 heavy (non-hydrogen) atoms. The van der Waals surface area contributed by atoms with E-state index in [1.807, 2.05) is 0 Å². The van der Waals surface area contributed by atoms with Crippen molar-refractivity contribution in [1.29, 1.82) is 0 Å². The Bertz CT molecular complexity index is 312. The van der Waals surface area contributed by atoms with Gasteiger partial charge in [-0.25, -0.2) is 0 Å². The molecule has 1 saturated heterocycles. The zero-order valence-electron chi connectivity index (χ0n) is 12.0. The summed E-state index contributed by atoms with van der Waals surface area (Å²) in [5.74, 6) is 0.892. The van der Waals surface area contributed by atoms with Crippen molar-refractivity contribution in [2.75, 3.05) is 19.6 Å². The smallest absolute Gasteiger partial charge is 0.0309 e. The molecule has 1 aliphatic heterocycles. The van der Waals surface area contributed by atoms with Crippen LogP contribution in [0.1, 0.15) is 46.5 Å². The van der Waals surface area contributed by atoms with Crippen LogP contribution in [0.25, 0.3) is 0 Å². The summed E-state index contributed by atoms with van der Waals surface area (Å²) >= 11 is 5.84.